The third kappa shape index (κ3) is 2.01. The number of fused-ring (bicyclic) bond motifs is 1. The number of aromatic nitrogens is 1. The Kier molecular flexibility index (Phi) is 2.46. The van der Waals surface area contributed by atoms with E-state index in [0.29, 0.717) is 6.42 Å². The van der Waals surface area contributed by atoms with Crippen molar-refractivity contribution in [2.75, 3.05) is 0 Å². The van der Waals surface area contributed by atoms with E-state index in [4.69, 9.17) is 5.11 Å². The summed E-state index contributed by atoms with van der Waals surface area (Å²) < 4.78 is 0. The van der Waals surface area contributed by atoms with E-state index in [1.54, 1.807) is 0 Å². The molecule has 3 nitrogen and oxygen atoms in total. The zero-order valence-electron chi connectivity index (χ0n) is 8.58. The van der Waals surface area contributed by atoms with Crippen LogP contribution in [0.5, 0.6) is 0 Å². The molecule has 0 aliphatic rings. The molecule has 0 aliphatic carbocycles. The maximum atomic E-state index is 10.5. The largest absolute Gasteiger partial charge is 0.481 e. The van der Waals surface area contributed by atoms with Gasteiger partial charge in [0.15, 0.2) is 0 Å². The Morgan fingerprint density at radius 1 is 1.47 bits per heavy atom. The fraction of sp³-hybridized carbons (Fsp3) is 0.250. The molecule has 2 aromatic rings. The van der Waals surface area contributed by atoms with E-state index < -0.39 is 5.97 Å². The van der Waals surface area contributed by atoms with Gasteiger partial charge >= 0.3 is 5.97 Å². The summed E-state index contributed by atoms with van der Waals surface area (Å²) in [5.41, 5.74) is 3.24. The van der Waals surface area contributed by atoms with Crippen LogP contribution in [-0.2, 0) is 11.2 Å². The quantitative estimate of drug-likeness (QED) is 0.805. The molecule has 2 rings (SSSR count). The van der Waals surface area contributed by atoms with Gasteiger partial charge in [0.2, 0.25) is 0 Å². The first kappa shape index (κ1) is 9.77. The number of para-hydroxylation sites is 1. The summed E-state index contributed by atoms with van der Waals surface area (Å²) in [5, 5.41) is 9.79. The van der Waals surface area contributed by atoms with Gasteiger partial charge in [-0.05, 0) is 30.4 Å². The number of carboxylic acids is 1. The number of benzene rings is 1. The van der Waals surface area contributed by atoms with Crippen LogP contribution < -0.4 is 0 Å². The molecule has 78 valence electrons. The van der Waals surface area contributed by atoms with E-state index >= 15 is 0 Å². The van der Waals surface area contributed by atoms with Crippen LogP contribution in [0.4, 0.5) is 0 Å². The van der Waals surface area contributed by atoms with Crippen LogP contribution in [0.15, 0.2) is 24.3 Å². The highest BCUT2D eigenvalue weighted by Gasteiger charge is 2.05. The van der Waals surface area contributed by atoms with Crippen LogP contribution in [0.3, 0.4) is 0 Å². The van der Waals surface area contributed by atoms with Crippen LogP contribution in [0.2, 0.25) is 0 Å². The number of carbonyl (C=O) groups is 1. The smallest absolute Gasteiger partial charge is 0.303 e. The molecule has 2 N–H and O–H groups in total. The normalized spacial score (nSPS) is 10.7. The van der Waals surface area contributed by atoms with Crippen LogP contribution in [0, 0.1) is 6.92 Å². The van der Waals surface area contributed by atoms with Gasteiger partial charge in [-0.1, -0.05) is 18.2 Å². The first-order valence-electron chi connectivity index (χ1n) is 4.96. The fourth-order valence-corrected chi connectivity index (χ4v) is 1.81. The summed E-state index contributed by atoms with van der Waals surface area (Å²) in [4.78, 5) is 13.8. The Hall–Kier alpha value is -1.77. The number of hydrogen-bond acceptors (Lipinski definition) is 1. The maximum absolute atomic E-state index is 10.5. The molecule has 0 bridgehead atoms. The summed E-state index contributed by atoms with van der Waals surface area (Å²) in [6, 6.07) is 8.04. The molecule has 1 heterocycles. The highest BCUT2D eigenvalue weighted by atomic mass is 16.4. The van der Waals surface area contributed by atoms with Crippen molar-refractivity contribution in [2.45, 2.75) is 19.8 Å². The standard InChI is InChI=1S/C12H13NO2/c1-8-7-10-4-2-3-9(12(10)13-8)5-6-11(14)15/h2-4,7,13H,5-6H2,1H3,(H,14,15). The fourth-order valence-electron chi connectivity index (χ4n) is 1.81. The van der Waals surface area contributed by atoms with Crippen molar-refractivity contribution in [3.8, 4) is 0 Å². The predicted octanol–water partition coefficient (Wildman–Crippen LogP) is 2.49. The number of H-pyrrole nitrogens is 1. The molecule has 1 aromatic carbocycles. The molecule has 0 saturated heterocycles. The van der Waals surface area contributed by atoms with Gasteiger partial charge < -0.3 is 10.1 Å². The van der Waals surface area contributed by atoms with Gasteiger partial charge in [0, 0.05) is 17.6 Å². The summed E-state index contributed by atoms with van der Waals surface area (Å²) in [6.45, 7) is 2.00. The number of hydrogen-bond donors (Lipinski definition) is 2. The molecular weight excluding hydrogens is 190 g/mol. The van der Waals surface area contributed by atoms with E-state index in [-0.39, 0.29) is 6.42 Å². The van der Waals surface area contributed by atoms with Crippen molar-refractivity contribution in [1.82, 2.24) is 4.98 Å². The van der Waals surface area contributed by atoms with E-state index in [2.05, 4.69) is 11.1 Å². The predicted molar refractivity (Wildman–Crippen MR) is 59.0 cm³/mol. The van der Waals surface area contributed by atoms with Gasteiger partial charge in [0.1, 0.15) is 0 Å². The van der Waals surface area contributed by atoms with Crippen molar-refractivity contribution >= 4 is 16.9 Å². The minimum Gasteiger partial charge on any atom is -0.481 e. The molecular formula is C12H13NO2. The average molecular weight is 203 g/mol. The molecule has 0 fully saturated rings. The highest BCUT2D eigenvalue weighted by molar-refractivity contribution is 5.84. The van der Waals surface area contributed by atoms with Gasteiger partial charge in [-0.15, -0.1) is 0 Å². The van der Waals surface area contributed by atoms with Gasteiger partial charge in [-0.25, -0.2) is 0 Å². The van der Waals surface area contributed by atoms with E-state index in [9.17, 15) is 4.79 Å². The summed E-state index contributed by atoms with van der Waals surface area (Å²) in [6.07, 6.45) is 0.754. The lowest BCUT2D eigenvalue weighted by Gasteiger charge is -2.00. The zero-order valence-corrected chi connectivity index (χ0v) is 8.58. The summed E-state index contributed by atoms with van der Waals surface area (Å²) in [7, 11) is 0. The number of aromatic amines is 1. The molecule has 0 spiro atoms. The SMILES string of the molecule is Cc1cc2cccc(CCC(=O)O)c2[nH]1. The molecule has 0 aliphatic heterocycles. The lowest BCUT2D eigenvalue weighted by molar-refractivity contribution is -0.136. The molecule has 0 unspecified atom stereocenters. The Balaban J connectivity index is 2.37. The molecule has 0 saturated carbocycles. The highest BCUT2D eigenvalue weighted by Crippen LogP contribution is 2.20. The Morgan fingerprint density at radius 2 is 2.27 bits per heavy atom. The van der Waals surface area contributed by atoms with Crippen LogP contribution in [0.25, 0.3) is 10.9 Å². The first-order chi connectivity index (χ1) is 7.16. The van der Waals surface area contributed by atoms with Gasteiger partial charge in [0.25, 0.3) is 0 Å². The number of aliphatic carboxylic acids is 1. The minimum atomic E-state index is -0.754. The Bertz CT molecular complexity index is 499. The Labute approximate surface area is 87.7 Å². The van der Waals surface area contributed by atoms with Crippen LogP contribution in [-0.4, -0.2) is 16.1 Å². The van der Waals surface area contributed by atoms with Crippen molar-refractivity contribution in [3.05, 3.63) is 35.5 Å². The van der Waals surface area contributed by atoms with Gasteiger partial charge in [-0.3, -0.25) is 4.79 Å². The van der Waals surface area contributed by atoms with E-state index in [0.717, 1.165) is 22.2 Å². The number of nitrogens with one attached hydrogen (secondary N) is 1. The Morgan fingerprint density at radius 3 is 3.00 bits per heavy atom. The maximum Gasteiger partial charge on any atom is 0.303 e. The van der Waals surface area contributed by atoms with Crippen LogP contribution in [0.1, 0.15) is 17.7 Å². The van der Waals surface area contributed by atoms with E-state index in [1.165, 1.54) is 0 Å². The van der Waals surface area contributed by atoms with Gasteiger partial charge in [-0.2, -0.15) is 0 Å². The molecule has 3 heteroatoms. The lowest BCUT2D eigenvalue weighted by Crippen LogP contribution is -1.97. The monoisotopic (exact) mass is 203 g/mol. The molecule has 0 radical (unpaired) electrons. The topological polar surface area (TPSA) is 53.1 Å². The van der Waals surface area contributed by atoms with Crippen molar-refractivity contribution in [1.29, 1.82) is 0 Å². The molecule has 1 aromatic heterocycles. The summed E-state index contributed by atoms with van der Waals surface area (Å²) in [5.74, 6) is -0.754. The lowest BCUT2D eigenvalue weighted by atomic mass is 10.1. The molecule has 0 atom stereocenters. The second kappa shape index (κ2) is 3.77. The second-order valence-electron chi connectivity index (χ2n) is 3.73. The third-order valence-corrected chi connectivity index (χ3v) is 2.49. The molecule has 15 heavy (non-hydrogen) atoms. The number of carboxylic acid groups (broad SMARTS) is 1. The number of aryl methyl sites for hydroxylation is 2. The second-order valence-corrected chi connectivity index (χ2v) is 3.73. The number of rotatable bonds is 3. The van der Waals surface area contributed by atoms with Gasteiger partial charge in [0.05, 0.1) is 0 Å². The third-order valence-electron chi connectivity index (χ3n) is 2.49. The zero-order chi connectivity index (χ0) is 10.8. The average Bonchev–Trinajstić information content (AvgIpc) is 2.55. The minimum absolute atomic E-state index is 0.178. The first-order valence-corrected chi connectivity index (χ1v) is 4.96. The summed E-state index contributed by atoms with van der Waals surface area (Å²) >= 11 is 0. The van der Waals surface area contributed by atoms with Crippen LogP contribution >= 0.6 is 0 Å². The molecule has 0 amide bonds. The van der Waals surface area contributed by atoms with Crippen molar-refractivity contribution in [2.24, 2.45) is 0 Å². The van der Waals surface area contributed by atoms with Crippen molar-refractivity contribution < 1.29 is 9.90 Å². The van der Waals surface area contributed by atoms with E-state index in [1.807, 2.05) is 25.1 Å². The van der Waals surface area contributed by atoms with Crippen molar-refractivity contribution in [3.63, 3.8) is 0 Å².